The number of aryl methyl sites for hydroxylation is 2. The summed E-state index contributed by atoms with van der Waals surface area (Å²) in [5.41, 5.74) is 12.6. The first-order valence-corrected chi connectivity index (χ1v) is 17.6. The van der Waals surface area contributed by atoms with Gasteiger partial charge in [0.15, 0.2) is 0 Å². The predicted molar refractivity (Wildman–Crippen MR) is 193 cm³/mol. The van der Waals surface area contributed by atoms with Crippen LogP contribution in [0.1, 0.15) is 101 Å². The lowest BCUT2D eigenvalue weighted by Crippen LogP contribution is -2.57. The molecule has 4 fully saturated rings. The van der Waals surface area contributed by atoms with E-state index in [1.807, 2.05) is 63.2 Å². The molecule has 4 aliphatic rings. The Morgan fingerprint density at radius 1 is 0.784 bits per heavy atom. The molecule has 5 atom stereocenters. The van der Waals surface area contributed by atoms with Crippen LogP contribution < -0.4 is 16.8 Å². The molecular weight excluding hydrogens is 656 g/mol. The number of carboxylic acids is 1. The number of fused-ring (bicyclic) bond motifs is 4. The number of nitrogen functional groups attached to an aromatic ring is 2. The Labute approximate surface area is 300 Å². The highest BCUT2D eigenvalue weighted by Crippen LogP contribution is 2.35. The van der Waals surface area contributed by atoms with E-state index in [1.54, 1.807) is 19.2 Å². The number of anilines is 2. The van der Waals surface area contributed by atoms with E-state index in [-0.39, 0.29) is 35.4 Å². The van der Waals surface area contributed by atoms with Crippen LogP contribution in [0.3, 0.4) is 0 Å². The van der Waals surface area contributed by atoms with E-state index in [0.717, 1.165) is 49.9 Å². The third-order valence-electron chi connectivity index (χ3n) is 9.26. The van der Waals surface area contributed by atoms with E-state index in [9.17, 15) is 19.5 Å². The number of hydrogen-bond acceptors (Lipinski definition) is 12. The number of carbonyl (C=O) groups excluding carboxylic acids is 2. The second-order valence-corrected chi connectivity index (χ2v) is 15.7. The first kappa shape index (κ1) is 39.6. The van der Waals surface area contributed by atoms with Crippen LogP contribution in [-0.4, -0.2) is 115 Å². The van der Waals surface area contributed by atoms with Crippen LogP contribution in [0.4, 0.5) is 21.2 Å². The fourth-order valence-electron chi connectivity index (χ4n) is 7.00. The number of nitrogens with one attached hydrogen (secondary N) is 1. The van der Waals surface area contributed by atoms with Gasteiger partial charge in [-0.15, -0.1) is 0 Å². The fraction of sp³-hybridized carbons (Fsp3) is 0.639. The van der Waals surface area contributed by atoms with Crippen molar-refractivity contribution in [1.29, 1.82) is 0 Å². The zero-order chi connectivity index (χ0) is 37.8. The first-order valence-electron chi connectivity index (χ1n) is 17.6. The molecule has 4 saturated heterocycles. The maximum Gasteiger partial charge on any atom is 0.410 e. The number of ether oxygens (including phenoxy) is 2. The molecule has 2 aromatic heterocycles. The van der Waals surface area contributed by atoms with E-state index < -0.39 is 17.8 Å². The van der Waals surface area contributed by atoms with Crippen molar-refractivity contribution >= 4 is 29.8 Å². The van der Waals surface area contributed by atoms with Crippen molar-refractivity contribution in [2.24, 2.45) is 0 Å². The highest BCUT2D eigenvalue weighted by Gasteiger charge is 2.46. The average molecular weight is 713 g/mol. The van der Waals surface area contributed by atoms with Crippen molar-refractivity contribution in [3.05, 3.63) is 46.8 Å². The Bertz CT molecular complexity index is 1530. The number of amides is 2. The molecule has 0 saturated carbocycles. The number of nitrogens with zero attached hydrogens (tertiary/aromatic N) is 5. The lowest BCUT2D eigenvalue weighted by molar-refractivity contribution is -0.0577. The van der Waals surface area contributed by atoms with Gasteiger partial charge >= 0.3 is 18.2 Å². The standard InChI is InChI=1S/C18H28N4O3.C11H20N2O2.C7H8N2O2/c1-11-7-15(19)20-8-14(11)16(23)21-9-12-5-6-13(10-21)22(12)17(24)25-18(2,3)4;1-11(2,3)15-10(14)13-8-4-5-9(13)7-12-6-8;1-4-2-6(8)9-3-5(4)7(10)11/h7-8,12-13,16,23H,5-6,9-10H2,1-4H3,(H2,19,20);8-9,12H,4-7H2,1-3H3;2-3H,1H3,(H2,8,9)(H,10,11). The number of carbonyl (C=O) groups is 3. The van der Waals surface area contributed by atoms with Crippen molar-refractivity contribution in [1.82, 2.24) is 30.0 Å². The van der Waals surface area contributed by atoms with Crippen LogP contribution in [0.25, 0.3) is 0 Å². The lowest BCUT2D eigenvalue weighted by Gasteiger charge is -2.43. The first-order chi connectivity index (χ1) is 23.7. The Balaban J connectivity index is 0.000000190. The highest BCUT2D eigenvalue weighted by atomic mass is 16.6. The number of aromatic carboxylic acids is 1. The minimum atomic E-state index is -0.977. The second-order valence-electron chi connectivity index (χ2n) is 15.7. The SMILES string of the molecule is CC(C)(C)OC(=O)N1C2CCC1CNC2.Cc1cc(N)ncc1C(=O)O.Cc1cc(N)ncc1C(O)N1CC2CCC(C1)N2C(=O)OC(C)(C)C. The zero-order valence-corrected chi connectivity index (χ0v) is 31.2. The summed E-state index contributed by atoms with van der Waals surface area (Å²) < 4.78 is 11.0. The third-order valence-corrected chi connectivity index (χ3v) is 9.26. The number of hydrogen-bond donors (Lipinski definition) is 5. The van der Waals surface area contributed by atoms with Gasteiger partial charge in [0, 0.05) is 68.3 Å². The summed E-state index contributed by atoms with van der Waals surface area (Å²) in [5, 5.41) is 22.7. The van der Waals surface area contributed by atoms with Gasteiger partial charge in [0.2, 0.25) is 0 Å². The van der Waals surface area contributed by atoms with Gasteiger partial charge in [0.1, 0.15) is 29.1 Å². The molecule has 15 nitrogen and oxygen atoms in total. The van der Waals surface area contributed by atoms with Crippen molar-refractivity contribution < 1.29 is 34.1 Å². The van der Waals surface area contributed by atoms with Crippen molar-refractivity contribution in [3.8, 4) is 0 Å². The molecule has 5 unspecified atom stereocenters. The van der Waals surface area contributed by atoms with Crippen LogP contribution in [0.15, 0.2) is 24.5 Å². The van der Waals surface area contributed by atoms with E-state index in [2.05, 4.69) is 15.3 Å². The number of rotatable bonds is 3. The summed E-state index contributed by atoms with van der Waals surface area (Å²) in [6.07, 6.45) is 5.85. The van der Waals surface area contributed by atoms with Crippen molar-refractivity contribution in [2.75, 3.05) is 37.6 Å². The van der Waals surface area contributed by atoms with Gasteiger partial charge in [-0.3, -0.25) is 14.7 Å². The number of likely N-dealkylation sites (tertiary alicyclic amines) is 1. The molecule has 6 heterocycles. The summed E-state index contributed by atoms with van der Waals surface area (Å²) in [5.74, 6) is -0.189. The number of aliphatic hydroxyl groups is 1. The summed E-state index contributed by atoms with van der Waals surface area (Å²) in [6, 6.07) is 4.14. The number of nitrogens with two attached hydrogens (primary N) is 2. The summed E-state index contributed by atoms with van der Waals surface area (Å²) in [7, 11) is 0. The number of piperazine rings is 2. The molecule has 6 rings (SSSR count). The smallest absolute Gasteiger partial charge is 0.410 e. The molecule has 2 aromatic rings. The van der Waals surface area contributed by atoms with Crippen LogP contribution >= 0.6 is 0 Å². The summed E-state index contributed by atoms with van der Waals surface area (Å²) in [4.78, 5) is 48.5. The fourth-order valence-corrected chi connectivity index (χ4v) is 7.00. The molecule has 282 valence electrons. The zero-order valence-electron chi connectivity index (χ0n) is 31.2. The topological polar surface area (TPSA) is 210 Å². The molecule has 2 amide bonds. The van der Waals surface area contributed by atoms with Crippen LogP contribution in [0, 0.1) is 13.8 Å². The van der Waals surface area contributed by atoms with E-state index in [0.29, 0.717) is 42.4 Å². The molecule has 0 aliphatic carbocycles. The minimum absolute atomic E-state index is 0.0743. The molecule has 4 bridgehead atoms. The Kier molecular flexibility index (Phi) is 12.4. The van der Waals surface area contributed by atoms with Gasteiger partial charge in [-0.2, -0.15) is 0 Å². The Morgan fingerprint density at radius 2 is 1.22 bits per heavy atom. The summed E-state index contributed by atoms with van der Waals surface area (Å²) >= 11 is 0. The predicted octanol–water partition coefficient (Wildman–Crippen LogP) is 4.07. The third kappa shape index (κ3) is 10.4. The number of carboxylic acid groups (broad SMARTS) is 1. The highest BCUT2D eigenvalue weighted by molar-refractivity contribution is 5.89. The number of pyridine rings is 2. The van der Waals surface area contributed by atoms with E-state index in [4.69, 9.17) is 26.0 Å². The van der Waals surface area contributed by atoms with Crippen LogP contribution in [0.2, 0.25) is 0 Å². The number of aliphatic hydroxyl groups excluding tert-OH is 1. The largest absolute Gasteiger partial charge is 0.478 e. The van der Waals surface area contributed by atoms with Gasteiger partial charge < -0.3 is 36.5 Å². The average Bonchev–Trinajstić information content (AvgIpc) is 3.42. The maximum atomic E-state index is 12.5. The van der Waals surface area contributed by atoms with Gasteiger partial charge in [0.25, 0.3) is 0 Å². The normalized spacial score (nSPS) is 23.3. The molecule has 0 radical (unpaired) electrons. The lowest BCUT2D eigenvalue weighted by atomic mass is 10.1. The van der Waals surface area contributed by atoms with E-state index >= 15 is 0 Å². The van der Waals surface area contributed by atoms with Crippen LogP contribution in [0.5, 0.6) is 0 Å². The number of aromatic nitrogens is 2. The minimum Gasteiger partial charge on any atom is -0.478 e. The monoisotopic (exact) mass is 712 g/mol. The van der Waals surface area contributed by atoms with Gasteiger partial charge in [-0.25, -0.2) is 24.4 Å². The second kappa shape index (κ2) is 16.0. The van der Waals surface area contributed by atoms with Gasteiger partial charge in [-0.05, 0) is 104 Å². The van der Waals surface area contributed by atoms with E-state index in [1.165, 1.54) is 12.3 Å². The van der Waals surface area contributed by atoms with Gasteiger partial charge in [0.05, 0.1) is 5.56 Å². The van der Waals surface area contributed by atoms with Crippen molar-refractivity contribution in [2.45, 2.75) is 123 Å². The molecule has 15 heteroatoms. The maximum absolute atomic E-state index is 12.5. The molecule has 51 heavy (non-hydrogen) atoms. The Hall–Kier alpha value is -4.21. The summed E-state index contributed by atoms with van der Waals surface area (Å²) in [6.45, 7) is 18.0. The van der Waals surface area contributed by atoms with Gasteiger partial charge in [-0.1, -0.05) is 0 Å². The molecule has 7 N–H and O–H groups in total. The molecule has 4 aliphatic heterocycles. The van der Waals surface area contributed by atoms with Crippen LogP contribution in [-0.2, 0) is 9.47 Å². The Morgan fingerprint density at radius 3 is 1.65 bits per heavy atom. The quantitative estimate of drug-likeness (QED) is 0.304. The van der Waals surface area contributed by atoms with Crippen molar-refractivity contribution in [3.63, 3.8) is 0 Å². The molecular formula is C36H56N8O7. The molecule has 0 spiro atoms. The molecule has 0 aromatic carbocycles.